The van der Waals surface area contributed by atoms with Crippen LogP contribution in [0.1, 0.15) is 96.4 Å². The van der Waals surface area contributed by atoms with Crippen molar-refractivity contribution in [2.75, 3.05) is 0 Å². The fraction of sp³-hybridized carbons (Fsp3) is 0.789. The molecule has 0 spiro atoms. The van der Waals surface area contributed by atoms with Crippen LogP contribution in [0.5, 0.6) is 0 Å². The third kappa shape index (κ3) is 9.42. The van der Waals surface area contributed by atoms with Crippen molar-refractivity contribution >= 4 is 5.97 Å². The fourth-order valence-corrected chi connectivity index (χ4v) is 3.03. The average molecular weight is 322 g/mol. The predicted octanol–water partition coefficient (Wildman–Crippen LogP) is 5.60. The van der Waals surface area contributed by atoms with E-state index in [2.05, 4.69) is 11.9 Å². The first kappa shape index (κ1) is 19.7. The predicted molar refractivity (Wildman–Crippen MR) is 94.6 cm³/mol. The van der Waals surface area contributed by atoms with Crippen LogP contribution in [0.4, 0.5) is 0 Å². The van der Waals surface area contributed by atoms with E-state index in [1.807, 2.05) is 0 Å². The van der Waals surface area contributed by atoms with Crippen molar-refractivity contribution in [2.45, 2.75) is 96.4 Å². The van der Waals surface area contributed by atoms with Crippen LogP contribution in [0.25, 0.3) is 0 Å². The van der Waals surface area contributed by atoms with Gasteiger partial charge in [0.2, 0.25) is 0 Å². The van der Waals surface area contributed by atoms with Gasteiger partial charge in [-0.2, -0.15) is 0 Å². The number of hydrogen-bond acceptors (Lipinski definition) is 2. The van der Waals surface area contributed by atoms with Crippen LogP contribution < -0.4 is 0 Å². The summed E-state index contributed by atoms with van der Waals surface area (Å²) in [4.78, 5) is 15.2. The second-order valence-electron chi connectivity index (χ2n) is 6.54. The molecule has 0 saturated heterocycles. The van der Waals surface area contributed by atoms with Gasteiger partial charge in [-0.05, 0) is 6.42 Å². The summed E-state index contributed by atoms with van der Waals surface area (Å²) in [7, 11) is 0. The van der Waals surface area contributed by atoms with Gasteiger partial charge in [-0.3, -0.25) is 0 Å². The molecule has 23 heavy (non-hydrogen) atoms. The molecule has 0 amide bonds. The van der Waals surface area contributed by atoms with Crippen LogP contribution >= 0.6 is 0 Å². The number of carbonyl (C=O) groups is 1. The van der Waals surface area contributed by atoms with E-state index in [9.17, 15) is 9.90 Å². The lowest BCUT2D eigenvalue weighted by atomic mass is 10.0. The monoisotopic (exact) mass is 322 g/mol. The molecule has 1 aromatic heterocycles. The molecule has 1 unspecified atom stereocenters. The van der Waals surface area contributed by atoms with Crippen LogP contribution in [-0.4, -0.2) is 20.6 Å². The maximum atomic E-state index is 11.3. The summed E-state index contributed by atoms with van der Waals surface area (Å²) in [5.74, 6) is -0.758. The molecule has 1 rings (SSSR count). The summed E-state index contributed by atoms with van der Waals surface area (Å²) in [6.07, 6.45) is 21.3. The highest BCUT2D eigenvalue weighted by Crippen LogP contribution is 2.17. The number of aromatic nitrogens is 2. The Balaban J connectivity index is 1.94. The van der Waals surface area contributed by atoms with E-state index in [-0.39, 0.29) is 0 Å². The first-order valence-corrected chi connectivity index (χ1v) is 9.46. The molecular weight excluding hydrogens is 288 g/mol. The van der Waals surface area contributed by atoms with E-state index in [1.54, 1.807) is 23.3 Å². The van der Waals surface area contributed by atoms with E-state index >= 15 is 0 Å². The van der Waals surface area contributed by atoms with Crippen LogP contribution in [0.15, 0.2) is 18.7 Å². The molecule has 0 aliphatic rings. The molecule has 132 valence electrons. The fourth-order valence-electron chi connectivity index (χ4n) is 3.03. The molecule has 1 atom stereocenters. The summed E-state index contributed by atoms with van der Waals surface area (Å²) in [5.41, 5.74) is 0. The van der Waals surface area contributed by atoms with Crippen LogP contribution in [0.3, 0.4) is 0 Å². The Morgan fingerprint density at radius 1 is 0.957 bits per heavy atom. The Morgan fingerprint density at radius 2 is 1.48 bits per heavy atom. The molecule has 0 fully saturated rings. The summed E-state index contributed by atoms with van der Waals surface area (Å²) in [6.45, 7) is 2.26. The van der Waals surface area contributed by atoms with Gasteiger partial charge in [0.25, 0.3) is 0 Å². The minimum atomic E-state index is -0.758. The van der Waals surface area contributed by atoms with Crippen molar-refractivity contribution in [3.05, 3.63) is 18.7 Å². The molecule has 0 aliphatic heterocycles. The standard InChI is InChI=1S/C19H34N2O2/c1-2-3-4-5-6-7-8-9-10-11-12-13-14-18(19(22)23)21-16-15-20-17-21/h15-18H,2-14H2,1H3,(H,22,23). The molecule has 4 heteroatoms. The smallest absolute Gasteiger partial charge is 0.326 e. The molecule has 1 N–H and O–H groups in total. The molecular formula is C19H34N2O2. The SMILES string of the molecule is CCCCCCCCCCCCCCC(C(=O)O)n1ccnc1. The van der Waals surface area contributed by atoms with E-state index < -0.39 is 12.0 Å². The minimum absolute atomic E-state index is 0.458. The lowest BCUT2D eigenvalue weighted by molar-refractivity contribution is -0.141. The second kappa shape index (κ2) is 13.1. The zero-order chi connectivity index (χ0) is 16.8. The Kier molecular flexibility index (Phi) is 11.3. The van der Waals surface area contributed by atoms with Crippen molar-refractivity contribution in [1.82, 2.24) is 9.55 Å². The number of nitrogens with zero attached hydrogens (tertiary/aromatic N) is 2. The zero-order valence-corrected chi connectivity index (χ0v) is 14.8. The van der Waals surface area contributed by atoms with Crippen molar-refractivity contribution < 1.29 is 9.90 Å². The maximum Gasteiger partial charge on any atom is 0.326 e. The minimum Gasteiger partial charge on any atom is -0.480 e. The number of unbranched alkanes of at least 4 members (excludes halogenated alkanes) is 11. The number of aliphatic carboxylic acids is 1. The molecule has 0 bridgehead atoms. The Labute approximate surface area is 141 Å². The number of hydrogen-bond donors (Lipinski definition) is 1. The molecule has 1 heterocycles. The number of imidazole rings is 1. The Bertz CT molecular complexity index is 390. The molecule has 0 saturated carbocycles. The quantitative estimate of drug-likeness (QED) is 0.428. The molecule has 0 aromatic carbocycles. The van der Waals surface area contributed by atoms with Gasteiger partial charge < -0.3 is 9.67 Å². The third-order valence-corrected chi connectivity index (χ3v) is 4.50. The van der Waals surface area contributed by atoms with E-state index in [1.165, 1.54) is 64.2 Å². The highest BCUT2D eigenvalue weighted by Gasteiger charge is 2.17. The summed E-state index contributed by atoms with van der Waals surface area (Å²) < 4.78 is 1.70. The second-order valence-corrected chi connectivity index (χ2v) is 6.54. The van der Waals surface area contributed by atoms with E-state index in [0.717, 1.165) is 12.8 Å². The average Bonchev–Trinajstić information content (AvgIpc) is 3.05. The third-order valence-electron chi connectivity index (χ3n) is 4.50. The summed E-state index contributed by atoms with van der Waals surface area (Å²) in [6, 6.07) is -0.458. The molecule has 0 radical (unpaired) electrons. The summed E-state index contributed by atoms with van der Waals surface area (Å²) in [5, 5.41) is 9.27. The first-order chi connectivity index (χ1) is 11.3. The number of carboxylic acids is 1. The Morgan fingerprint density at radius 3 is 1.91 bits per heavy atom. The lowest BCUT2D eigenvalue weighted by Gasteiger charge is -2.13. The normalized spacial score (nSPS) is 12.4. The van der Waals surface area contributed by atoms with Gasteiger partial charge in [0.15, 0.2) is 0 Å². The maximum absolute atomic E-state index is 11.3. The zero-order valence-electron chi connectivity index (χ0n) is 14.8. The number of rotatable bonds is 15. The highest BCUT2D eigenvalue weighted by molar-refractivity contribution is 5.71. The van der Waals surface area contributed by atoms with Crippen LogP contribution in [0, 0.1) is 0 Å². The topological polar surface area (TPSA) is 55.1 Å². The first-order valence-electron chi connectivity index (χ1n) is 9.46. The van der Waals surface area contributed by atoms with Gasteiger partial charge in [-0.15, -0.1) is 0 Å². The van der Waals surface area contributed by atoms with E-state index in [4.69, 9.17) is 0 Å². The van der Waals surface area contributed by atoms with Gasteiger partial charge in [0, 0.05) is 12.4 Å². The van der Waals surface area contributed by atoms with Crippen LogP contribution in [0.2, 0.25) is 0 Å². The van der Waals surface area contributed by atoms with Crippen LogP contribution in [-0.2, 0) is 4.79 Å². The van der Waals surface area contributed by atoms with Crippen molar-refractivity contribution in [2.24, 2.45) is 0 Å². The molecule has 1 aromatic rings. The Hall–Kier alpha value is -1.32. The van der Waals surface area contributed by atoms with Gasteiger partial charge in [-0.25, -0.2) is 9.78 Å². The molecule has 0 aliphatic carbocycles. The van der Waals surface area contributed by atoms with Gasteiger partial charge >= 0.3 is 5.97 Å². The summed E-state index contributed by atoms with van der Waals surface area (Å²) >= 11 is 0. The largest absolute Gasteiger partial charge is 0.480 e. The van der Waals surface area contributed by atoms with Gasteiger partial charge in [0.1, 0.15) is 6.04 Å². The lowest BCUT2D eigenvalue weighted by Crippen LogP contribution is -2.17. The van der Waals surface area contributed by atoms with Crippen molar-refractivity contribution in [1.29, 1.82) is 0 Å². The van der Waals surface area contributed by atoms with Gasteiger partial charge in [0.05, 0.1) is 6.33 Å². The highest BCUT2D eigenvalue weighted by atomic mass is 16.4. The number of carboxylic acid groups (broad SMARTS) is 1. The molecule has 4 nitrogen and oxygen atoms in total. The van der Waals surface area contributed by atoms with Crippen molar-refractivity contribution in [3.63, 3.8) is 0 Å². The van der Waals surface area contributed by atoms with E-state index in [0.29, 0.717) is 6.42 Å². The van der Waals surface area contributed by atoms with Crippen molar-refractivity contribution in [3.8, 4) is 0 Å². The van der Waals surface area contributed by atoms with Gasteiger partial charge in [-0.1, -0.05) is 84.0 Å².